The summed E-state index contributed by atoms with van der Waals surface area (Å²) in [6.07, 6.45) is 0.978. The van der Waals surface area contributed by atoms with Gasteiger partial charge in [-0.1, -0.05) is 39.5 Å². The number of thioether (sulfide) groups is 1. The Kier molecular flexibility index (Phi) is 4.61. The summed E-state index contributed by atoms with van der Waals surface area (Å²) in [7, 11) is 1.99. The molecular formula is C12H24N4S. The minimum atomic E-state index is 0.153. The van der Waals surface area contributed by atoms with Gasteiger partial charge in [0.1, 0.15) is 5.82 Å². The van der Waals surface area contributed by atoms with Crippen molar-refractivity contribution in [2.75, 3.05) is 0 Å². The van der Waals surface area contributed by atoms with Crippen molar-refractivity contribution >= 4 is 11.8 Å². The average Bonchev–Trinajstić information content (AvgIpc) is 2.54. The zero-order valence-electron chi connectivity index (χ0n) is 11.7. The van der Waals surface area contributed by atoms with Crippen molar-refractivity contribution in [3.63, 3.8) is 0 Å². The topological polar surface area (TPSA) is 56.7 Å². The smallest absolute Gasteiger partial charge is 0.191 e. The number of hydrogen-bond acceptors (Lipinski definition) is 4. The molecule has 0 spiro atoms. The summed E-state index contributed by atoms with van der Waals surface area (Å²) in [5.74, 6) is 0.935. The third kappa shape index (κ3) is 3.45. The van der Waals surface area contributed by atoms with E-state index in [9.17, 15) is 0 Å². The van der Waals surface area contributed by atoms with Crippen molar-refractivity contribution in [1.82, 2.24) is 14.8 Å². The molecule has 2 N–H and O–H groups in total. The van der Waals surface area contributed by atoms with E-state index < -0.39 is 0 Å². The van der Waals surface area contributed by atoms with Crippen molar-refractivity contribution < 1.29 is 0 Å². The van der Waals surface area contributed by atoms with Crippen LogP contribution in [0, 0.1) is 12.3 Å². The first-order valence-corrected chi connectivity index (χ1v) is 6.93. The molecule has 2 unspecified atom stereocenters. The van der Waals surface area contributed by atoms with Gasteiger partial charge in [-0.2, -0.15) is 0 Å². The quantitative estimate of drug-likeness (QED) is 0.840. The fraction of sp³-hybridized carbons (Fsp3) is 0.833. The molecular weight excluding hydrogens is 232 g/mol. The molecule has 0 aliphatic heterocycles. The van der Waals surface area contributed by atoms with E-state index in [0.717, 1.165) is 17.4 Å². The Morgan fingerprint density at radius 3 is 2.29 bits per heavy atom. The predicted molar refractivity (Wildman–Crippen MR) is 73.1 cm³/mol. The van der Waals surface area contributed by atoms with Crippen LogP contribution in [0.25, 0.3) is 0 Å². The molecule has 2 atom stereocenters. The number of nitrogens with zero attached hydrogens (tertiary/aromatic N) is 3. The fourth-order valence-electron chi connectivity index (χ4n) is 1.72. The van der Waals surface area contributed by atoms with Crippen LogP contribution in [-0.2, 0) is 7.05 Å². The summed E-state index contributed by atoms with van der Waals surface area (Å²) in [5.41, 5.74) is 6.38. The van der Waals surface area contributed by atoms with Gasteiger partial charge in [0.25, 0.3) is 0 Å². The molecule has 0 fully saturated rings. The Labute approximate surface area is 108 Å². The minimum absolute atomic E-state index is 0.153. The SMILES string of the molecule is CCC(N)C(Sc1nnc(C)n1C)C(C)(C)C. The van der Waals surface area contributed by atoms with E-state index in [4.69, 9.17) is 5.73 Å². The first kappa shape index (κ1) is 14.5. The van der Waals surface area contributed by atoms with Crippen molar-refractivity contribution in [2.24, 2.45) is 18.2 Å². The van der Waals surface area contributed by atoms with Crippen molar-refractivity contribution in [1.29, 1.82) is 0 Å². The largest absolute Gasteiger partial charge is 0.327 e. The molecule has 4 nitrogen and oxygen atoms in total. The van der Waals surface area contributed by atoms with Crippen LogP contribution in [0.5, 0.6) is 0 Å². The van der Waals surface area contributed by atoms with Gasteiger partial charge in [0.2, 0.25) is 0 Å². The van der Waals surface area contributed by atoms with E-state index in [2.05, 4.69) is 37.9 Å². The molecule has 0 saturated carbocycles. The summed E-state index contributed by atoms with van der Waals surface area (Å²) in [4.78, 5) is 0. The molecule has 0 amide bonds. The standard InChI is InChI=1S/C12H24N4S/c1-7-9(13)10(12(3,4)5)17-11-15-14-8(2)16(11)6/h9-10H,7,13H2,1-6H3. The van der Waals surface area contributed by atoms with Gasteiger partial charge in [-0.05, 0) is 18.8 Å². The van der Waals surface area contributed by atoms with Crippen molar-refractivity contribution in [2.45, 2.75) is 57.5 Å². The molecule has 1 aromatic rings. The highest BCUT2D eigenvalue weighted by Gasteiger charge is 2.31. The maximum atomic E-state index is 6.23. The Bertz CT molecular complexity index is 367. The number of nitrogens with two attached hydrogens (primary N) is 1. The Morgan fingerprint density at radius 1 is 1.35 bits per heavy atom. The van der Waals surface area contributed by atoms with E-state index in [1.807, 2.05) is 18.5 Å². The maximum absolute atomic E-state index is 6.23. The van der Waals surface area contributed by atoms with Gasteiger partial charge in [-0.15, -0.1) is 10.2 Å². The van der Waals surface area contributed by atoms with E-state index in [0.29, 0.717) is 5.25 Å². The lowest BCUT2D eigenvalue weighted by atomic mass is 9.87. The first-order chi connectivity index (χ1) is 7.77. The second-order valence-electron chi connectivity index (χ2n) is 5.57. The lowest BCUT2D eigenvalue weighted by Gasteiger charge is -2.33. The van der Waals surface area contributed by atoms with Crippen molar-refractivity contribution in [3.05, 3.63) is 5.82 Å². The molecule has 1 rings (SSSR count). The molecule has 1 aromatic heterocycles. The summed E-state index contributed by atoms with van der Waals surface area (Å²) >= 11 is 1.74. The van der Waals surface area contributed by atoms with E-state index >= 15 is 0 Å². The second kappa shape index (κ2) is 5.40. The summed E-state index contributed by atoms with van der Waals surface area (Å²) in [6, 6.07) is 0.178. The molecule has 0 bridgehead atoms. The summed E-state index contributed by atoms with van der Waals surface area (Å²) < 4.78 is 2.02. The van der Waals surface area contributed by atoms with E-state index in [1.54, 1.807) is 11.8 Å². The van der Waals surface area contributed by atoms with Gasteiger partial charge >= 0.3 is 0 Å². The van der Waals surface area contributed by atoms with Gasteiger partial charge < -0.3 is 10.3 Å². The predicted octanol–water partition coefficient (Wildman–Crippen LogP) is 2.37. The number of aromatic nitrogens is 3. The number of aryl methyl sites for hydroxylation is 1. The molecule has 0 aliphatic rings. The highest BCUT2D eigenvalue weighted by Crippen LogP contribution is 2.36. The maximum Gasteiger partial charge on any atom is 0.191 e. The lowest BCUT2D eigenvalue weighted by molar-refractivity contribution is 0.349. The zero-order chi connectivity index (χ0) is 13.2. The fourth-order valence-corrected chi connectivity index (χ4v) is 3.05. The van der Waals surface area contributed by atoms with E-state index in [-0.39, 0.29) is 11.5 Å². The van der Waals surface area contributed by atoms with Crippen LogP contribution in [0.2, 0.25) is 0 Å². The minimum Gasteiger partial charge on any atom is -0.327 e. The van der Waals surface area contributed by atoms with Crippen LogP contribution in [0.1, 0.15) is 39.9 Å². The van der Waals surface area contributed by atoms with Crippen LogP contribution >= 0.6 is 11.8 Å². The number of hydrogen-bond donors (Lipinski definition) is 1. The van der Waals surface area contributed by atoms with E-state index in [1.165, 1.54) is 0 Å². The van der Waals surface area contributed by atoms with Crippen molar-refractivity contribution in [3.8, 4) is 0 Å². The lowest BCUT2D eigenvalue weighted by Crippen LogP contribution is -2.40. The van der Waals surface area contributed by atoms with Crippen LogP contribution in [0.15, 0.2) is 5.16 Å². The zero-order valence-corrected chi connectivity index (χ0v) is 12.5. The van der Waals surface area contributed by atoms with Crippen LogP contribution < -0.4 is 5.73 Å². The average molecular weight is 256 g/mol. The van der Waals surface area contributed by atoms with Crippen LogP contribution in [0.3, 0.4) is 0 Å². The molecule has 0 aliphatic carbocycles. The molecule has 98 valence electrons. The van der Waals surface area contributed by atoms with Gasteiger partial charge in [0.15, 0.2) is 5.16 Å². The van der Waals surface area contributed by atoms with Gasteiger partial charge in [-0.3, -0.25) is 0 Å². The number of rotatable bonds is 4. The molecule has 5 heteroatoms. The molecule has 0 aromatic carbocycles. The Hall–Kier alpha value is -0.550. The van der Waals surface area contributed by atoms with Crippen LogP contribution in [-0.4, -0.2) is 26.1 Å². The van der Waals surface area contributed by atoms with Gasteiger partial charge in [0.05, 0.1) is 0 Å². The Balaban J connectivity index is 2.91. The Morgan fingerprint density at radius 2 is 1.94 bits per heavy atom. The molecule has 17 heavy (non-hydrogen) atoms. The van der Waals surface area contributed by atoms with Crippen LogP contribution in [0.4, 0.5) is 0 Å². The van der Waals surface area contributed by atoms with Gasteiger partial charge in [-0.25, -0.2) is 0 Å². The third-order valence-corrected chi connectivity index (χ3v) is 4.88. The summed E-state index contributed by atoms with van der Waals surface area (Å²) in [5, 5.41) is 9.59. The highest BCUT2D eigenvalue weighted by atomic mass is 32.2. The second-order valence-corrected chi connectivity index (χ2v) is 6.67. The normalized spacial score (nSPS) is 15.9. The first-order valence-electron chi connectivity index (χ1n) is 6.05. The summed E-state index contributed by atoms with van der Waals surface area (Å²) in [6.45, 7) is 10.8. The molecule has 0 radical (unpaired) electrons. The third-order valence-electron chi connectivity index (χ3n) is 3.00. The highest BCUT2D eigenvalue weighted by molar-refractivity contribution is 7.99. The molecule has 1 heterocycles. The monoisotopic (exact) mass is 256 g/mol. The van der Waals surface area contributed by atoms with Gasteiger partial charge in [0, 0.05) is 18.3 Å². The molecule has 0 saturated heterocycles.